The van der Waals surface area contributed by atoms with Gasteiger partial charge in [-0.3, -0.25) is 6.08 Å². The normalized spacial score (nSPS) is 14.3. The van der Waals surface area contributed by atoms with Crippen molar-refractivity contribution in [3.63, 3.8) is 0 Å². The van der Waals surface area contributed by atoms with Crippen molar-refractivity contribution in [1.29, 1.82) is 0 Å². The molecular weight excluding hydrogens is 562 g/mol. The van der Waals surface area contributed by atoms with Gasteiger partial charge in [-0.2, -0.15) is 5.56 Å². The maximum Gasteiger partial charge on any atom is 4.00 e. The van der Waals surface area contributed by atoms with Gasteiger partial charge < -0.3 is 24.8 Å². The fraction of sp³-hybridized carbons (Fsp3) is 0.0417. The summed E-state index contributed by atoms with van der Waals surface area (Å²) in [5.41, 5.74) is 4.08. The van der Waals surface area contributed by atoms with Crippen molar-refractivity contribution >= 4 is 44.5 Å². The van der Waals surface area contributed by atoms with Crippen molar-refractivity contribution in [3.8, 4) is 0 Å². The van der Waals surface area contributed by atoms with Gasteiger partial charge in [0.25, 0.3) is 0 Å². The Morgan fingerprint density at radius 1 is 0.897 bits per heavy atom. The van der Waals surface area contributed by atoms with Crippen LogP contribution in [-0.4, -0.2) is 0 Å². The van der Waals surface area contributed by atoms with Gasteiger partial charge in [-0.1, -0.05) is 58.0 Å². The fourth-order valence-electron chi connectivity index (χ4n) is 3.55. The summed E-state index contributed by atoms with van der Waals surface area (Å²) in [6.45, 7) is 0. The minimum absolute atomic E-state index is 0. The number of fused-ring (bicyclic) bond motifs is 2. The molecule has 0 fully saturated rings. The number of halogens is 3. The summed E-state index contributed by atoms with van der Waals surface area (Å²) in [5, 5.41) is 2.59. The van der Waals surface area contributed by atoms with Crippen LogP contribution in [0.4, 0.5) is 0 Å². The smallest absolute Gasteiger partial charge is 1.00 e. The van der Waals surface area contributed by atoms with Crippen LogP contribution in [0, 0.1) is 6.08 Å². The fourth-order valence-corrected chi connectivity index (χ4v) is 4.98. The van der Waals surface area contributed by atoms with E-state index in [4.69, 9.17) is 0 Å². The summed E-state index contributed by atoms with van der Waals surface area (Å²) in [6.07, 6.45) is 5.59. The van der Waals surface area contributed by atoms with Crippen LogP contribution < -0.4 is 24.8 Å². The first-order valence-corrected chi connectivity index (χ1v) is 10.2. The minimum Gasteiger partial charge on any atom is -1.00 e. The Labute approximate surface area is 215 Å². The molecule has 0 aromatic heterocycles. The summed E-state index contributed by atoms with van der Waals surface area (Å²) in [5.74, 6) is 0.336. The second-order valence-electron chi connectivity index (χ2n) is 6.48. The van der Waals surface area contributed by atoms with Gasteiger partial charge in [0.15, 0.2) is 0 Å². The molecular formula is C24H15BrCl2SZr. The van der Waals surface area contributed by atoms with Crippen LogP contribution in [0.1, 0.15) is 22.6 Å². The monoisotopic (exact) mass is 574 g/mol. The molecule has 4 aromatic carbocycles. The Kier molecular flexibility index (Phi) is 8.94. The molecule has 1 atom stereocenters. The predicted octanol–water partition coefficient (Wildman–Crippen LogP) is 1.44. The van der Waals surface area contributed by atoms with E-state index < -0.39 is 0 Å². The Morgan fingerprint density at radius 2 is 1.69 bits per heavy atom. The van der Waals surface area contributed by atoms with Crippen LogP contribution in [0.2, 0.25) is 0 Å². The van der Waals surface area contributed by atoms with Crippen molar-refractivity contribution in [2.45, 2.75) is 15.7 Å². The topological polar surface area (TPSA) is 0 Å². The van der Waals surface area contributed by atoms with Crippen molar-refractivity contribution in [1.82, 2.24) is 0 Å². The Hall–Kier alpha value is -0.697. The molecule has 0 N–H and O–H groups in total. The van der Waals surface area contributed by atoms with Gasteiger partial charge in [-0.05, 0) is 17.0 Å². The molecule has 0 spiro atoms. The standard InChI is InChI=1S/C15H9S.C9H6Br.2ClH.Zr/c1-2-10-8-12(3-1)16-13-5-7-15-11(9-13)4-6-14(10)15;10-9-6-5-7-3-1-2-4-8(7)9;;;/h1-5,7-9,14H;1-6H;2*1H;/q2*-1;;;+4/p-2. The van der Waals surface area contributed by atoms with Gasteiger partial charge in [0, 0.05) is 4.90 Å². The van der Waals surface area contributed by atoms with Gasteiger partial charge in [-0.25, -0.2) is 6.08 Å². The van der Waals surface area contributed by atoms with Crippen LogP contribution in [0.3, 0.4) is 0 Å². The molecule has 7 rings (SSSR count). The SMILES string of the molecule is Brc1c[cH-]c2ccccc12.[C-]1=Cc2cc3ccc2C1c1cccc(c1)S3.[Cl-].[Cl-].[Zr+4]. The Balaban J connectivity index is 0.000000204. The number of benzene rings is 3. The first-order valence-electron chi connectivity index (χ1n) is 8.59. The molecule has 2 aliphatic heterocycles. The third kappa shape index (κ3) is 4.97. The van der Waals surface area contributed by atoms with Gasteiger partial charge in [0.2, 0.25) is 0 Å². The van der Waals surface area contributed by atoms with E-state index in [9.17, 15) is 0 Å². The summed E-state index contributed by atoms with van der Waals surface area (Å²) >= 11 is 5.30. The average molecular weight is 577 g/mol. The maximum atomic E-state index is 3.47. The quantitative estimate of drug-likeness (QED) is 0.286. The van der Waals surface area contributed by atoms with Crippen LogP contribution in [0.15, 0.2) is 93.1 Å². The van der Waals surface area contributed by atoms with Gasteiger partial charge in [0.05, 0.1) is 0 Å². The van der Waals surface area contributed by atoms with Gasteiger partial charge in [0.1, 0.15) is 0 Å². The van der Waals surface area contributed by atoms with Crippen molar-refractivity contribution in [2.75, 3.05) is 0 Å². The van der Waals surface area contributed by atoms with E-state index in [1.165, 1.54) is 41.7 Å². The van der Waals surface area contributed by atoms with E-state index >= 15 is 0 Å². The Bertz CT molecular complexity index is 1150. The van der Waals surface area contributed by atoms with E-state index in [0.29, 0.717) is 5.92 Å². The van der Waals surface area contributed by atoms with Gasteiger partial charge in [-0.15, -0.1) is 68.7 Å². The Morgan fingerprint density at radius 3 is 2.52 bits per heavy atom. The molecule has 0 saturated heterocycles. The van der Waals surface area contributed by atoms with Crippen LogP contribution >= 0.6 is 27.7 Å². The largest absolute Gasteiger partial charge is 4.00 e. The molecule has 1 aliphatic carbocycles. The van der Waals surface area contributed by atoms with Crippen molar-refractivity contribution < 1.29 is 51.0 Å². The van der Waals surface area contributed by atoms with Crippen molar-refractivity contribution in [2.24, 2.45) is 0 Å². The second kappa shape index (κ2) is 10.6. The molecule has 0 radical (unpaired) electrons. The van der Waals surface area contributed by atoms with E-state index in [1.54, 1.807) is 0 Å². The summed E-state index contributed by atoms with van der Waals surface area (Å²) in [4.78, 5) is 2.64. The predicted molar refractivity (Wildman–Crippen MR) is 114 cm³/mol. The zero-order valence-electron chi connectivity index (χ0n) is 15.2. The molecule has 3 aliphatic rings. The summed E-state index contributed by atoms with van der Waals surface area (Å²) in [7, 11) is 0. The third-order valence-corrected chi connectivity index (χ3v) is 6.50. The van der Waals surface area contributed by atoms with E-state index in [1.807, 2.05) is 17.8 Å². The molecule has 4 aromatic rings. The first kappa shape index (κ1) is 24.6. The van der Waals surface area contributed by atoms with Crippen LogP contribution in [0.5, 0.6) is 0 Å². The van der Waals surface area contributed by atoms with E-state index in [-0.39, 0.29) is 51.0 Å². The number of hydrogen-bond donors (Lipinski definition) is 0. The van der Waals surface area contributed by atoms with E-state index in [2.05, 4.69) is 101 Å². The molecule has 2 heterocycles. The van der Waals surface area contributed by atoms with Crippen LogP contribution in [-0.2, 0) is 26.2 Å². The molecule has 5 heteroatoms. The second-order valence-corrected chi connectivity index (χ2v) is 8.48. The van der Waals surface area contributed by atoms with Crippen molar-refractivity contribution in [3.05, 3.63) is 106 Å². The summed E-state index contributed by atoms with van der Waals surface area (Å²) < 4.78 is 1.18. The number of rotatable bonds is 0. The first-order chi connectivity index (χ1) is 12.8. The molecule has 142 valence electrons. The molecule has 1 unspecified atom stereocenters. The molecule has 29 heavy (non-hydrogen) atoms. The zero-order valence-corrected chi connectivity index (χ0v) is 21.6. The molecule has 0 nitrogen and oxygen atoms in total. The van der Waals surface area contributed by atoms with E-state index in [0.717, 1.165) is 0 Å². The molecule has 0 saturated carbocycles. The third-order valence-electron chi connectivity index (χ3n) is 4.83. The van der Waals surface area contributed by atoms with Crippen LogP contribution in [0.25, 0.3) is 16.8 Å². The average Bonchev–Trinajstić information content (AvgIpc) is 3.27. The number of allylic oxidation sites excluding steroid dienone is 1. The molecule has 0 amide bonds. The summed E-state index contributed by atoms with van der Waals surface area (Å²) in [6, 6.07) is 28.0. The zero-order chi connectivity index (χ0) is 17.5. The minimum atomic E-state index is 0. The van der Waals surface area contributed by atoms with Gasteiger partial charge >= 0.3 is 26.2 Å². The number of hydrogen-bond acceptors (Lipinski definition) is 1. The maximum absolute atomic E-state index is 3.47. The molecule has 6 bridgehead atoms.